The molecule has 1 aromatic carbocycles. The summed E-state index contributed by atoms with van der Waals surface area (Å²) in [4.78, 5) is 1.43. The first-order valence-electron chi connectivity index (χ1n) is 6.46. The van der Waals surface area contributed by atoms with Crippen molar-refractivity contribution >= 4 is 46.1 Å². The Bertz CT molecular complexity index is 538. The number of hydrogen-bond acceptors (Lipinski definition) is 3. The van der Waals surface area contributed by atoms with Gasteiger partial charge < -0.3 is 10.6 Å². The normalized spacial score (nSPS) is 10.2. The van der Waals surface area contributed by atoms with E-state index < -0.39 is 0 Å². The van der Waals surface area contributed by atoms with E-state index >= 15 is 0 Å². The number of benzene rings is 1. The van der Waals surface area contributed by atoms with Crippen LogP contribution in [0.3, 0.4) is 0 Å². The van der Waals surface area contributed by atoms with Gasteiger partial charge in [0.1, 0.15) is 0 Å². The Hall–Kier alpha value is -1.04. The minimum Gasteiger partial charge on any atom is -0.362 e. The van der Waals surface area contributed by atoms with Crippen molar-refractivity contribution in [1.29, 1.82) is 0 Å². The van der Waals surface area contributed by atoms with Gasteiger partial charge in [0.15, 0.2) is 5.11 Å². The lowest BCUT2D eigenvalue weighted by molar-refractivity contribution is 0.990. The molecule has 0 atom stereocenters. The molecule has 0 aliphatic heterocycles. The second-order valence-electron chi connectivity index (χ2n) is 4.38. The van der Waals surface area contributed by atoms with Crippen molar-refractivity contribution in [2.24, 2.45) is 0 Å². The Morgan fingerprint density at radius 2 is 2.20 bits per heavy atom. The molecule has 2 aromatic rings. The lowest BCUT2D eigenvalue weighted by atomic mass is 10.2. The molecule has 5 heteroatoms. The lowest BCUT2D eigenvalue weighted by Crippen LogP contribution is -2.30. The SMILES string of the molecule is Cc1cccc(NC(=S)NCCSCc2cccs2)c1. The van der Waals surface area contributed by atoms with Crippen LogP contribution in [0.1, 0.15) is 10.4 Å². The second-order valence-corrected chi connectivity index (χ2v) is 6.93. The number of hydrogen-bond donors (Lipinski definition) is 2. The quantitative estimate of drug-likeness (QED) is 0.612. The molecule has 0 saturated carbocycles. The summed E-state index contributed by atoms with van der Waals surface area (Å²) in [5.74, 6) is 2.13. The van der Waals surface area contributed by atoms with E-state index in [0.717, 1.165) is 23.7 Å². The molecule has 1 heterocycles. The summed E-state index contributed by atoms with van der Waals surface area (Å²) in [5.41, 5.74) is 2.26. The summed E-state index contributed by atoms with van der Waals surface area (Å²) in [5, 5.41) is 9.24. The van der Waals surface area contributed by atoms with Crippen molar-refractivity contribution in [2.45, 2.75) is 12.7 Å². The van der Waals surface area contributed by atoms with Crippen molar-refractivity contribution in [3.63, 3.8) is 0 Å². The first-order chi connectivity index (χ1) is 9.74. The third-order valence-corrected chi connectivity index (χ3v) is 4.95. The fraction of sp³-hybridized carbons (Fsp3) is 0.267. The number of aryl methyl sites for hydroxylation is 1. The van der Waals surface area contributed by atoms with Gasteiger partial charge in [0, 0.05) is 28.6 Å². The van der Waals surface area contributed by atoms with E-state index in [1.807, 2.05) is 35.2 Å². The van der Waals surface area contributed by atoms with Gasteiger partial charge in [-0.15, -0.1) is 11.3 Å². The van der Waals surface area contributed by atoms with E-state index in [4.69, 9.17) is 12.2 Å². The minimum absolute atomic E-state index is 0.687. The molecular formula is C15H18N2S3. The second kappa shape index (κ2) is 8.29. The largest absolute Gasteiger partial charge is 0.362 e. The predicted molar refractivity (Wildman–Crippen MR) is 95.9 cm³/mol. The molecule has 0 spiro atoms. The van der Waals surface area contributed by atoms with Crippen LogP contribution in [0.25, 0.3) is 0 Å². The number of anilines is 1. The average Bonchev–Trinajstić information content (AvgIpc) is 2.91. The van der Waals surface area contributed by atoms with Crippen LogP contribution in [-0.2, 0) is 5.75 Å². The lowest BCUT2D eigenvalue weighted by Gasteiger charge is -2.10. The summed E-state index contributed by atoms with van der Waals surface area (Å²) in [7, 11) is 0. The molecule has 2 N–H and O–H groups in total. The first-order valence-corrected chi connectivity index (χ1v) is 8.90. The zero-order valence-electron chi connectivity index (χ0n) is 11.4. The summed E-state index contributed by atoms with van der Waals surface area (Å²) in [6, 6.07) is 12.5. The molecule has 0 aliphatic carbocycles. The summed E-state index contributed by atoms with van der Waals surface area (Å²) in [6.07, 6.45) is 0. The predicted octanol–water partition coefficient (Wildman–Crippen LogP) is 4.28. The van der Waals surface area contributed by atoms with E-state index in [1.54, 1.807) is 0 Å². The van der Waals surface area contributed by atoms with Crippen molar-refractivity contribution in [2.75, 3.05) is 17.6 Å². The third kappa shape index (κ3) is 5.53. The molecule has 0 saturated heterocycles. The standard InChI is InChI=1S/C15H18N2S3/c1-12-4-2-5-13(10-12)17-15(18)16-7-9-19-11-14-6-3-8-20-14/h2-6,8,10H,7,9,11H2,1H3,(H2,16,17,18). The van der Waals surface area contributed by atoms with Gasteiger partial charge in [0.05, 0.1) is 0 Å². The number of thiophene rings is 1. The van der Waals surface area contributed by atoms with Crippen LogP contribution in [0.2, 0.25) is 0 Å². The van der Waals surface area contributed by atoms with Crippen molar-refractivity contribution in [3.05, 3.63) is 52.2 Å². The van der Waals surface area contributed by atoms with Crippen LogP contribution >= 0.6 is 35.3 Å². The van der Waals surface area contributed by atoms with E-state index in [-0.39, 0.29) is 0 Å². The smallest absolute Gasteiger partial charge is 0.170 e. The molecule has 2 rings (SSSR count). The fourth-order valence-corrected chi connectivity index (χ4v) is 3.62. The van der Waals surface area contributed by atoms with Crippen molar-refractivity contribution < 1.29 is 0 Å². The van der Waals surface area contributed by atoms with E-state index in [0.29, 0.717) is 5.11 Å². The van der Waals surface area contributed by atoms with Crippen LogP contribution in [0.4, 0.5) is 5.69 Å². The zero-order chi connectivity index (χ0) is 14.2. The van der Waals surface area contributed by atoms with Crippen LogP contribution < -0.4 is 10.6 Å². The van der Waals surface area contributed by atoms with E-state index in [1.165, 1.54) is 10.4 Å². The number of nitrogens with one attached hydrogen (secondary N) is 2. The van der Waals surface area contributed by atoms with Gasteiger partial charge in [0.2, 0.25) is 0 Å². The highest BCUT2D eigenvalue weighted by atomic mass is 32.2. The Morgan fingerprint density at radius 3 is 2.95 bits per heavy atom. The van der Waals surface area contributed by atoms with Gasteiger partial charge >= 0.3 is 0 Å². The average molecular weight is 323 g/mol. The first kappa shape index (κ1) is 15.4. The monoisotopic (exact) mass is 322 g/mol. The maximum Gasteiger partial charge on any atom is 0.170 e. The highest BCUT2D eigenvalue weighted by Gasteiger charge is 1.98. The highest BCUT2D eigenvalue weighted by molar-refractivity contribution is 7.98. The molecule has 1 aromatic heterocycles. The van der Waals surface area contributed by atoms with Gasteiger partial charge in [0.25, 0.3) is 0 Å². The van der Waals surface area contributed by atoms with Gasteiger partial charge in [-0.25, -0.2) is 0 Å². The summed E-state index contributed by atoms with van der Waals surface area (Å²) >= 11 is 9.01. The Balaban J connectivity index is 1.60. The molecule has 2 nitrogen and oxygen atoms in total. The van der Waals surface area contributed by atoms with Crippen LogP contribution in [0, 0.1) is 6.92 Å². The Morgan fingerprint density at radius 1 is 1.30 bits per heavy atom. The maximum atomic E-state index is 5.28. The van der Waals surface area contributed by atoms with Crippen LogP contribution in [0.15, 0.2) is 41.8 Å². The van der Waals surface area contributed by atoms with Gasteiger partial charge in [-0.2, -0.15) is 11.8 Å². The summed E-state index contributed by atoms with van der Waals surface area (Å²) in [6.45, 7) is 2.95. The van der Waals surface area contributed by atoms with Crippen LogP contribution in [0.5, 0.6) is 0 Å². The van der Waals surface area contributed by atoms with E-state index in [9.17, 15) is 0 Å². The molecule has 20 heavy (non-hydrogen) atoms. The summed E-state index contributed by atoms with van der Waals surface area (Å²) < 4.78 is 0. The molecule has 0 bridgehead atoms. The number of thiocarbonyl (C=S) groups is 1. The third-order valence-electron chi connectivity index (χ3n) is 2.63. The molecule has 0 aliphatic rings. The van der Waals surface area contributed by atoms with Gasteiger partial charge in [-0.05, 0) is 48.3 Å². The topological polar surface area (TPSA) is 24.1 Å². The Labute approximate surface area is 134 Å². The molecule has 106 valence electrons. The number of rotatable bonds is 6. The maximum absolute atomic E-state index is 5.28. The van der Waals surface area contributed by atoms with Gasteiger partial charge in [-0.1, -0.05) is 18.2 Å². The fourth-order valence-electron chi connectivity index (χ4n) is 1.70. The van der Waals surface area contributed by atoms with Gasteiger partial charge in [-0.3, -0.25) is 0 Å². The van der Waals surface area contributed by atoms with E-state index in [2.05, 4.69) is 47.2 Å². The minimum atomic E-state index is 0.687. The molecule has 0 fully saturated rings. The van der Waals surface area contributed by atoms with Crippen LogP contribution in [-0.4, -0.2) is 17.4 Å². The molecule has 0 radical (unpaired) electrons. The molecule has 0 amide bonds. The molecule has 0 unspecified atom stereocenters. The van der Waals surface area contributed by atoms with Crippen molar-refractivity contribution in [3.8, 4) is 0 Å². The zero-order valence-corrected chi connectivity index (χ0v) is 13.8. The highest BCUT2D eigenvalue weighted by Crippen LogP contribution is 2.16. The van der Waals surface area contributed by atoms with Crippen molar-refractivity contribution in [1.82, 2.24) is 5.32 Å². The number of thioether (sulfide) groups is 1. The molecular weight excluding hydrogens is 304 g/mol. The Kier molecular flexibility index (Phi) is 6.36.